The SMILES string of the molecule is COC(=O)c1cc[n+]2[se]c(C3(O)CCC(F)(F)CC3)c(Br)c2c1. The average Bonchev–Trinajstić information content (AvgIpc) is 2.87. The van der Waals surface area contributed by atoms with Crippen molar-refractivity contribution in [1.82, 2.24) is 0 Å². The fraction of sp³-hybridized carbons (Fsp3) is 0.467. The molecule has 0 spiro atoms. The minimum absolute atomic E-state index is 0.0462. The molecule has 2 aromatic rings. The van der Waals surface area contributed by atoms with Crippen molar-refractivity contribution in [2.24, 2.45) is 0 Å². The molecule has 3 rings (SSSR count). The quantitative estimate of drug-likeness (QED) is 0.561. The summed E-state index contributed by atoms with van der Waals surface area (Å²) in [6, 6.07) is 3.34. The summed E-state index contributed by atoms with van der Waals surface area (Å²) in [6.07, 6.45) is 1.24. The molecule has 0 unspecified atom stereocenters. The maximum atomic E-state index is 13.4. The van der Waals surface area contributed by atoms with E-state index in [9.17, 15) is 18.7 Å². The van der Waals surface area contributed by atoms with Crippen molar-refractivity contribution in [3.63, 3.8) is 0 Å². The van der Waals surface area contributed by atoms with Gasteiger partial charge in [-0.05, 0) is 0 Å². The van der Waals surface area contributed by atoms with Crippen molar-refractivity contribution in [1.29, 1.82) is 0 Å². The number of methoxy groups -OCH3 is 1. The normalized spacial score (nSPS) is 19.7. The third kappa shape index (κ3) is 3.09. The van der Waals surface area contributed by atoms with E-state index >= 15 is 0 Å². The number of carbonyl (C=O) groups excluding carboxylic acids is 1. The molecule has 23 heavy (non-hydrogen) atoms. The molecule has 4 nitrogen and oxygen atoms in total. The Morgan fingerprint density at radius 3 is 2.65 bits per heavy atom. The van der Waals surface area contributed by atoms with Gasteiger partial charge in [0.25, 0.3) is 0 Å². The molecular formula is C15H15BrF2NO3Se+. The number of aromatic nitrogens is 1. The predicted molar refractivity (Wildman–Crippen MR) is 82.9 cm³/mol. The van der Waals surface area contributed by atoms with Crippen molar-refractivity contribution in [3.05, 3.63) is 32.8 Å². The third-order valence-corrected chi connectivity index (χ3v) is 8.27. The van der Waals surface area contributed by atoms with Crippen LogP contribution in [0.5, 0.6) is 0 Å². The molecule has 2 heterocycles. The zero-order valence-corrected chi connectivity index (χ0v) is 15.6. The van der Waals surface area contributed by atoms with Crippen LogP contribution in [0.25, 0.3) is 5.52 Å². The van der Waals surface area contributed by atoms with Crippen molar-refractivity contribution in [3.8, 4) is 0 Å². The van der Waals surface area contributed by atoms with Crippen molar-refractivity contribution in [2.45, 2.75) is 37.2 Å². The van der Waals surface area contributed by atoms with Crippen molar-refractivity contribution >= 4 is 42.1 Å². The molecule has 0 aliphatic heterocycles. The second-order valence-corrected chi connectivity index (χ2v) is 8.60. The predicted octanol–water partition coefficient (Wildman–Crippen LogP) is 2.43. The van der Waals surface area contributed by atoms with E-state index < -0.39 is 17.5 Å². The van der Waals surface area contributed by atoms with Crippen LogP contribution < -0.4 is 3.40 Å². The Labute approximate surface area is 146 Å². The van der Waals surface area contributed by atoms with E-state index in [4.69, 9.17) is 4.74 Å². The number of aliphatic hydroxyl groups is 1. The Morgan fingerprint density at radius 1 is 1.39 bits per heavy atom. The van der Waals surface area contributed by atoms with Crippen LogP contribution in [0.1, 0.15) is 40.5 Å². The first kappa shape index (κ1) is 17.0. The van der Waals surface area contributed by atoms with Crippen molar-refractivity contribution < 1.29 is 26.8 Å². The van der Waals surface area contributed by atoms with Gasteiger partial charge in [-0.1, -0.05) is 0 Å². The molecule has 2 aromatic heterocycles. The number of pyridine rings is 1. The van der Waals surface area contributed by atoms with Crippen LogP contribution in [0.4, 0.5) is 8.78 Å². The molecule has 1 saturated carbocycles. The number of rotatable bonds is 2. The molecule has 1 aliphatic carbocycles. The van der Waals surface area contributed by atoms with Gasteiger partial charge in [-0.3, -0.25) is 0 Å². The van der Waals surface area contributed by atoms with Gasteiger partial charge in [-0.2, -0.15) is 0 Å². The summed E-state index contributed by atoms with van der Waals surface area (Å²) in [5.74, 6) is -3.13. The van der Waals surface area contributed by atoms with Crippen LogP contribution in [-0.2, 0) is 10.3 Å². The van der Waals surface area contributed by atoms with Gasteiger partial charge in [0.05, 0.1) is 0 Å². The van der Waals surface area contributed by atoms with Crippen LogP contribution in [-0.4, -0.2) is 38.8 Å². The van der Waals surface area contributed by atoms with Gasteiger partial charge >= 0.3 is 146 Å². The summed E-state index contributed by atoms with van der Waals surface area (Å²) >= 11 is 3.25. The summed E-state index contributed by atoms with van der Waals surface area (Å²) in [4.78, 5) is 11.6. The number of nitrogens with zero attached hydrogens (tertiary/aromatic N) is 1. The van der Waals surface area contributed by atoms with E-state index in [1.165, 1.54) is 7.11 Å². The number of carbonyl (C=O) groups is 1. The molecule has 1 N–H and O–H groups in total. The van der Waals surface area contributed by atoms with E-state index in [1.807, 2.05) is 3.40 Å². The van der Waals surface area contributed by atoms with Gasteiger partial charge in [-0.15, -0.1) is 0 Å². The molecule has 0 aromatic carbocycles. The molecule has 1 fully saturated rings. The molecule has 0 amide bonds. The van der Waals surface area contributed by atoms with Crippen LogP contribution in [0.15, 0.2) is 22.8 Å². The monoisotopic (exact) mass is 454 g/mol. The van der Waals surface area contributed by atoms with Crippen LogP contribution in [0.2, 0.25) is 0 Å². The van der Waals surface area contributed by atoms with Crippen LogP contribution in [0, 0.1) is 0 Å². The average molecular weight is 454 g/mol. The Bertz CT molecular complexity index is 767. The van der Waals surface area contributed by atoms with Gasteiger partial charge in [0.2, 0.25) is 0 Å². The zero-order valence-electron chi connectivity index (χ0n) is 12.3. The van der Waals surface area contributed by atoms with Gasteiger partial charge in [0.1, 0.15) is 0 Å². The van der Waals surface area contributed by atoms with Crippen molar-refractivity contribution in [2.75, 3.05) is 7.11 Å². The Hall–Kier alpha value is -0.821. The molecular weight excluding hydrogens is 439 g/mol. The molecule has 8 heteroatoms. The van der Waals surface area contributed by atoms with Gasteiger partial charge in [0.15, 0.2) is 0 Å². The Balaban J connectivity index is 2.02. The molecule has 0 bridgehead atoms. The number of hydrogen-bond donors (Lipinski definition) is 1. The zero-order chi connectivity index (χ0) is 16.8. The molecule has 0 saturated heterocycles. The number of hydrogen-bond acceptors (Lipinski definition) is 3. The van der Waals surface area contributed by atoms with E-state index in [2.05, 4.69) is 15.9 Å². The summed E-state index contributed by atoms with van der Waals surface area (Å²) in [6.45, 7) is 0. The molecule has 0 radical (unpaired) electrons. The topological polar surface area (TPSA) is 50.6 Å². The first-order valence-electron chi connectivity index (χ1n) is 7.09. The standard InChI is InChI=1S/C15H15BrF2NO3Se/c1-22-13(20)9-2-7-19-10(8-9)11(16)12(23-19)14(21)3-5-15(17,18)6-4-14/h2,7-8,21H,3-6H2,1H3/q+1. The van der Waals surface area contributed by atoms with E-state index in [0.29, 0.717) is 10.0 Å². The Kier molecular flexibility index (Phi) is 4.38. The summed E-state index contributed by atoms with van der Waals surface area (Å²) in [5, 5.41) is 10.9. The fourth-order valence-corrected chi connectivity index (χ4v) is 6.44. The number of alkyl halides is 2. The first-order valence-corrected chi connectivity index (χ1v) is 9.50. The second-order valence-electron chi connectivity index (χ2n) is 5.74. The second kappa shape index (κ2) is 5.92. The van der Waals surface area contributed by atoms with Crippen LogP contribution in [0.3, 0.4) is 0 Å². The fourth-order valence-electron chi connectivity index (χ4n) is 2.77. The van der Waals surface area contributed by atoms with Crippen LogP contribution >= 0.6 is 15.9 Å². The van der Waals surface area contributed by atoms with Gasteiger partial charge in [0, 0.05) is 0 Å². The summed E-state index contributed by atoms with van der Waals surface area (Å²) < 4.78 is 34.9. The Morgan fingerprint density at radius 2 is 2.04 bits per heavy atom. The molecule has 0 atom stereocenters. The molecule has 1 aliphatic rings. The number of halogens is 3. The summed E-state index contributed by atoms with van der Waals surface area (Å²) in [7, 11) is 1.31. The number of esters is 1. The first-order chi connectivity index (χ1) is 10.8. The van der Waals surface area contributed by atoms with E-state index in [-0.39, 0.29) is 40.4 Å². The van der Waals surface area contributed by atoms with Gasteiger partial charge < -0.3 is 0 Å². The molecule has 124 valence electrons. The number of ether oxygens (including phenoxy) is 1. The van der Waals surface area contributed by atoms with Gasteiger partial charge in [-0.25, -0.2) is 0 Å². The maximum absolute atomic E-state index is 13.4. The van der Waals surface area contributed by atoms with E-state index in [1.54, 1.807) is 18.3 Å². The summed E-state index contributed by atoms with van der Waals surface area (Å²) in [5.41, 5.74) is -0.0404. The third-order valence-electron chi connectivity index (χ3n) is 4.19. The van der Waals surface area contributed by atoms with E-state index in [0.717, 1.165) is 9.95 Å². The number of fused-ring (bicyclic) bond motifs is 1. The minimum atomic E-state index is -2.69.